The summed E-state index contributed by atoms with van der Waals surface area (Å²) in [5.74, 6) is 0.758. The van der Waals surface area contributed by atoms with E-state index in [2.05, 4.69) is 49.4 Å². The monoisotopic (exact) mass is 380 g/mol. The molecule has 0 unspecified atom stereocenters. The SMILES string of the molecule is CCCNC(=S)Nc1cc(OC)c(Br)cc1Br. The maximum Gasteiger partial charge on any atom is 0.170 e. The second kappa shape index (κ2) is 7.18. The third kappa shape index (κ3) is 4.44. The van der Waals surface area contributed by atoms with Crippen molar-refractivity contribution in [3.8, 4) is 5.75 Å². The van der Waals surface area contributed by atoms with Crippen molar-refractivity contribution < 1.29 is 4.74 Å². The average molecular weight is 382 g/mol. The largest absolute Gasteiger partial charge is 0.495 e. The van der Waals surface area contributed by atoms with Gasteiger partial charge in [0.2, 0.25) is 0 Å². The lowest BCUT2D eigenvalue weighted by Crippen LogP contribution is -2.29. The zero-order chi connectivity index (χ0) is 12.8. The molecule has 0 aromatic heterocycles. The lowest BCUT2D eigenvalue weighted by atomic mass is 10.3. The van der Waals surface area contributed by atoms with Gasteiger partial charge in [-0.05, 0) is 56.6 Å². The molecule has 0 aliphatic carbocycles. The Kier molecular flexibility index (Phi) is 6.22. The maximum absolute atomic E-state index is 5.23. The molecule has 0 saturated heterocycles. The van der Waals surface area contributed by atoms with Gasteiger partial charge in [0.25, 0.3) is 0 Å². The number of hydrogen-bond donors (Lipinski definition) is 2. The van der Waals surface area contributed by atoms with Gasteiger partial charge in [0, 0.05) is 17.1 Å². The van der Waals surface area contributed by atoms with E-state index in [1.165, 1.54) is 0 Å². The number of methoxy groups -OCH3 is 1. The first-order valence-electron chi connectivity index (χ1n) is 5.16. The number of rotatable bonds is 4. The molecule has 6 heteroatoms. The van der Waals surface area contributed by atoms with E-state index in [-0.39, 0.29) is 0 Å². The van der Waals surface area contributed by atoms with E-state index < -0.39 is 0 Å². The second-order valence-corrected chi connectivity index (χ2v) is 5.46. The third-order valence-corrected chi connectivity index (χ3v) is 3.55. The highest BCUT2D eigenvalue weighted by atomic mass is 79.9. The van der Waals surface area contributed by atoms with Crippen LogP contribution in [-0.4, -0.2) is 18.8 Å². The zero-order valence-electron chi connectivity index (χ0n) is 9.64. The lowest BCUT2D eigenvalue weighted by molar-refractivity contribution is 0.412. The summed E-state index contributed by atoms with van der Waals surface area (Å²) in [6.07, 6.45) is 1.03. The molecule has 1 aromatic rings. The van der Waals surface area contributed by atoms with Crippen LogP contribution >= 0.6 is 44.1 Å². The van der Waals surface area contributed by atoms with Crippen molar-refractivity contribution in [1.29, 1.82) is 0 Å². The molecule has 0 radical (unpaired) electrons. The van der Waals surface area contributed by atoms with Crippen LogP contribution in [0.3, 0.4) is 0 Å². The minimum atomic E-state index is 0.608. The molecule has 3 nitrogen and oxygen atoms in total. The van der Waals surface area contributed by atoms with Gasteiger partial charge in [-0.25, -0.2) is 0 Å². The van der Waals surface area contributed by atoms with Crippen LogP contribution in [0.15, 0.2) is 21.1 Å². The maximum atomic E-state index is 5.23. The van der Waals surface area contributed by atoms with E-state index in [1.54, 1.807) is 7.11 Å². The molecular weight excluding hydrogens is 368 g/mol. The Labute approximate surface area is 124 Å². The molecule has 0 saturated carbocycles. The minimum absolute atomic E-state index is 0.608. The number of benzene rings is 1. The topological polar surface area (TPSA) is 33.3 Å². The molecule has 0 amide bonds. The van der Waals surface area contributed by atoms with Gasteiger partial charge in [0.05, 0.1) is 17.3 Å². The first-order chi connectivity index (χ1) is 8.08. The quantitative estimate of drug-likeness (QED) is 0.774. The molecule has 0 bridgehead atoms. The Morgan fingerprint density at radius 2 is 2.06 bits per heavy atom. The Morgan fingerprint density at radius 3 is 2.65 bits per heavy atom. The summed E-state index contributed by atoms with van der Waals surface area (Å²) in [6.45, 7) is 2.95. The molecule has 0 aliphatic heterocycles. The normalized spacial score (nSPS) is 9.88. The molecule has 0 atom stereocenters. The molecule has 1 aromatic carbocycles. The van der Waals surface area contributed by atoms with E-state index in [0.717, 1.165) is 33.3 Å². The Morgan fingerprint density at radius 1 is 1.35 bits per heavy atom. The Balaban J connectivity index is 2.80. The van der Waals surface area contributed by atoms with Crippen molar-refractivity contribution in [2.45, 2.75) is 13.3 Å². The molecule has 2 N–H and O–H groups in total. The fourth-order valence-corrected chi connectivity index (χ4v) is 2.65. The predicted octanol–water partition coefficient (Wildman–Crippen LogP) is 3.92. The van der Waals surface area contributed by atoms with Gasteiger partial charge in [-0.2, -0.15) is 0 Å². The van der Waals surface area contributed by atoms with Crippen molar-refractivity contribution in [3.05, 3.63) is 21.1 Å². The van der Waals surface area contributed by atoms with E-state index in [0.29, 0.717) is 5.11 Å². The van der Waals surface area contributed by atoms with E-state index in [1.807, 2.05) is 12.1 Å². The molecular formula is C11H14Br2N2OS. The second-order valence-electron chi connectivity index (χ2n) is 3.35. The number of thiocarbonyl (C=S) groups is 1. The number of nitrogens with one attached hydrogen (secondary N) is 2. The lowest BCUT2D eigenvalue weighted by Gasteiger charge is -2.13. The summed E-state index contributed by atoms with van der Waals surface area (Å²) in [7, 11) is 1.63. The third-order valence-electron chi connectivity index (χ3n) is 2.03. The Bertz CT molecular complexity index is 413. The summed E-state index contributed by atoms with van der Waals surface area (Å²) in [5, 5.41) is 6.83. The smallest absolute Gasteiger partial charge is 0.170 e. The minimum Gasteiger partial charge on any atom is -0.495 e. The van der Waals surface area contributed by atoms with Crippen molar-refractivity contribution in [1.82, 2.24) is 5.32 Å². The standard InChI is InChI=1S/C11H14Br2N2OS/c1-3-4-14-11(17)15-9-6-10(16-2)8(13)5-7(9)12/h5-6H,3-4H2,1-2H3,(H2,14,15,17). The summed E-state index contributed by atoms with van der Waals surface area (Å²) in [5.41, 5.74) is 0.874. The van der Waals surface area contributed by atoms with Crippen molar-refractivity contribution >= 4 is 54.9 Å². The molecule has 17 heavy (non-hydrogen) atoms. The van der Waals surface area contributed by atoms with Crippen molar-refractivity contribution in [3.63, 3.8) is 0 Å². The molecule has 0 aliphatic rings. The molecule has 0 fully saturated rings. The van der Waals surface area contributed by atoms with E-state index in [4.69, 9.17) is 17.0 Å². The highest BCUT2D eigenvalue weighted by Crippen LogP contribution is 2.34. The average Bonchev–Trinajstić information content (AvgIpc) is 2.30. The van der Waals surface area contributed by atoms with Crippen LogP contribution in [0.2, 0.25) is 0 Å². The van der Waals surface area contributed by atoms with Gasteiger partial charge < -0.3 is 15.4 Å². The fourth-order valence-electron chi connectivity index (χ4n) is 1.19. The Hall–Kier alpha value is -0.330. The van der Waals surface area contributed by atoms with Gasteiger partial charge in [-0.1, -0.05) is 6.92 Å². The summed E-state index contributed by atoms with van der Waals surface area (Å²) in [4.78, 5) is 0. The summed E-state index contributed by atoms with van der Waals surface area (Å²) in [6, 6.07) is 3.80. The van der Waals surface area contributed by atoms with Gasteiger partial charge >= 0.3 is 0 Å². The molecule has 94 valence electrons. The first-order valence-corrected chi connectivity index (χ1v) is 7.15. The van der Waals surface area contributed by atoms with Crippen LogP contribution in [0.4, 0.5) is 5.69 Å². The van der Waals surface area contributed by atoms with Gasteiger partial charge in [0.1, 0.15) is 5.75 Å². The van der Waals surface area contributed by atoms with Gasteiger partial charge in [0.15, 0.2) is 5.11 Å². The van der Waals surface area contributed by atoms with Crippen molar-refractivity contribution in [2.24, 2.45) is 0 Å². The summed E-state index contributed by atoms with van der Waals surface area (Å²) < 4.78 is 7.05. The van der Waals surface area contributed by atoms with Crippen LogP contribution in [0.5, 0.6) is 5.75 Å². The van der Waals surface area contributed by atoms with Gasteiger partial charge in [-0.3, -0.25) is 0 Å². The van der Waals surface area contributed by atoms with Crippen molar-refractivity contribution in [2.75, 3.05) is 19.0 Å². The van der Waals surface area contributed by atoms with Crippen LogP contribution in [0, 0.1) is 0 Å². The van der Waals surface area contributed by atoms with E-state index >= 15 is 0 Å². The highest BCUT2D eigenvalue weighted by molar-refractivity contribution is 9.11. The number of halogens is 2. The fraction of sp³-hybridized carbons (Fsp3) is 0.364. The highest BCUT2D eigenvalue weighted by Gasteiger charge is 2.08. The van der Waals surface area contributed by atoms with Gasteiger partial charge in [-0.15, -0.1) is 0 Å². The zero-order valence-corrected chi connectivity index (χ0v) is 13.6. The van der Waals surface area contributed by atoms with Crippen LogP contribution in [0.1, 0.15) is 13.3 Å². The molecule has 0 spiro atoms. The molecule has 0 heterocycles. The van der Waals surface area contributed by atoms with Crippen LogP contribution in [-0.2, 0) is 0 Å². The number of ether oxygens (including phenoxy) is 1. The van der Waals surface area contributed by atoms with Crippen LogP contribution in [0.25, 0.3) is 0 Å². The van der Waals surface area contributed by atoms with E-state index in [9.17, 15) is 0 Å². The molecule has 1 rings (SSSR count). The van der Waals surface area contributed by atoms with Crippen LogP contribution < -0.4 is 15.4 Å². The number of anilines is 1. The number of hydrogen-bond acceptors (Lipinski definition) is 2. The summed E-state index contributed by atoms with van der Waals surface area (Å²) >= 11 is 12.1. The first kappa shape index (κ1) is 14.7. The predicted molar refractivity (Wildman–Crippen MR) is 82.9 cm³/mol.